The minimum Gasteiger partial charge on any atom is -0.368 e. The zero-order chi connectivity index (χ0) is 25.4. The minimum atomic E-state index is -0.00463. The van der Waals surface area contributed by atoms with Crippen LogP contribution < -0.4 is 10.2 Å². The summed E-state index contributed by atoms with van der Waals surface area (Å²) >= 11 is 0. The summed E-state index contributed by atoms with van der Waals surface area (Å²) in [5.74, 6) is 1.19. The van der Waals surface area contributed by atoms with E-state index in [9.17, 15) is 4.79 Å². The molecule has 1 amide bonds. The van der Waals surface area contributed by atoms with Crippen molar-refractivity contribution < 1.29 is 4.79 Å². The first-order chi connectivity index (χ1) is 17.2. The van der Waals surface area contributed by atoms with E-state index in [-0.39, 0.29) is 11.4 Å². The fourth-order valence-corrected chi connectivity index (χ4v) is 5.39. The molecule has 1 aliphatic carbocycles. The van der Waals surface area contributed by atoms with Gasteiger partial charge >= 0.3 is 0 Å². The Morgan fingerprint density at radius 2 is 1.75 bits per heavy atom. The van der Waals surface area contributed by atoms with Gasteiger partial charge in [-0.15, -0.1) is 0 Å². The molecule has 1 saturated heterocycles. The summed E-state index contributed by atoms with van der Waals surface area (Å²) in [6, 6.07) is 6.30. The zero-order valence-electron chi connectivity index (χ0n) is 22.2. The van der Waals surface area contributed by atoms with Gasteiger partial charge in [-0.2, -0.15) is 4.98 Å². The number of hydrogen-bond donors (Lipinski definition) is 1. The first-order valence-corrected chi connectivity index (χ1v) is 13.0. The van der Waals surface area contributed by atoms with E-state index in [0.29, 0.717) is 23.5 Å². The molecule has 2 aliphatic rings. The Hall–Kier alpha value is -3.20. The van der Waals surface area contributed by atoms with Crippen molar-refractivity contribution in [2.45, 2.75) is 58.0 Å². The molecule has 9 heteroatoms. The summed E-state index contributed by atoms with van der Waals surface area (Å²) in [6.07, 6.45) is 8.21. The third-order valence-corrected chi connectivity index (χ3v) is 7.47. The number of aromatic nitrogens is 4. The topological polar surface area (TPSA) is 82.4 Å². The van der Waals surface area contributed by atoms with Crippen molar-refractivity contribution >= 4 is 34.4 Å². The van der Waals surface area contributed by atoms with Crippen molar-refractivity contribution in [1.29, 1.82) is 0 Å². The largest absolute Gasteiger partial charge is 0.368 e. The quantitative estimate of drug-likeness (QED) is 0.571. The molecule has 1 saturated carbocycles. The summed E-state index contributed by atoms with van der Waals surface area (Å²) in [5, 5.41) is 4.15. The van der Waals surface area contributed by atoms with Crippen LogP contribution in [-0.2, 0) is 0 Å². The Morgan fingerprint density at radius 3 is 2.36 bits per heavy atom. The molecule has 0 atom stereocenters. The molecule has 0 bridgehead atoms. The van der Waals surface area contributed by atoms with Crippen LogP contribution in [0, 0.1) is 0 Å². The highest BCUT2D eigenvalue weighted by Crippen LogP contribution is 2.35. The van der Waals surface area contributed by atoms with Crippen LogP contribution >= 0.6 is 0 Å². The maximum absolute atomic E-state index is 12.9. The average Bonchev–Trinajstić information content (AvgIpc) is 3.51. The monoisotopic (exact) mass is 490 g/mol. The zero-order valence-corrected chi connectivity index (χ0v) is 22.2. The van der Waals surface area contributed by atoms with E-state index in [1.54, 1.807) is 25.2 Å². The van der Waals surface area contributed by atoms with Crippen LogP contribution in [-0.4, -0.2) is 81.0 Å². The lowest BCUT2D eigenvalue weighted by atomic mass is 10.0. The summed E-state index contributed by atoms with van der Waals surface area (Å²) in [4.78, 5) is 33.5. The summed E-state index contributed by atoms with van der Waals surface area (Å²) in [5.41, 5.74) is 2.82. The Kier molecular flexibility index (Phi) is 6.59. The van der Waals surface area contributed by atoms with Crippen molar-refractivity contribution in [2.75, 3.05) is 50.5 Å². The van der Waals surface area contributed by atoms with Gasteiger partial charge in [0, 0.05) is 63.4 Å². The molecule has 0 unspecified atom stereocenters. The molecule has 5 rings (SSSR count). The highest BCUT2D eigenvalue weighted by atomic mass is 16.2. The van der Waals surface area contributed by atoms with Crippen molar-refractivity contribution in [3.8, 4) is 0 Å². The third-order valence-electron chi connectivity index (χ3n) is 7.47. The molecule has 0 aromatic carbocycles. The smallest absolute Gasteiger partial charge is 0.270 e. The van der Waals surface area contributed by atoms with Crippen LogP contribution in [0.2, 0.25) is 0 Å². The lowest BCUT2D eigenvalue weighted by Gasteiger charge is -2.42. The lowest BCUT2D eigenvalue weighted by Crippen LogP contribution is -2.53. The highest BCUT2D eigenvalue weighted by Gasteiger charge is 2.27. The van der Waals surface area contributed by atoms with Crippen LogP contribution in [0.3, 0.4) is 0 Å². The minimum absolute atomic E-state index is 0.00463. The Labute approximate surface area is 213 Å². The van der Waals surface area contributed by atoms with Crippen molar-refractivity contribution in [1.82, 2.24) is 29.3 Å². The number of nitrogens with zero attached hydrogens (tertiary/aromatic N) is 7. The molecule has 1 aliphatic heterocycles. The van der Waals surface area contributed by atoms with Gasteiger partial charge in [0.2, 0.25) is 5.95 Å². The van der Waals surface area contributed by atoms with E-state index in [4.69, 9.17) is 4.98 Å². The number of piperazine rings is 1. The molecule has 1 N–H and O–H groups in total. The van der Waals surface area contributed by atoms with Crippen LogP contribution in [0.1, 0.15) is 63.0 Å². The van der Waals surface area contributed by atoms with Crippen molar-refractivity contribution in [3.05, 3.63) is 36.3 Å². The molecule has 36 heavy (non-hydrogen) atoms. The number of carbonyl (C=O) groups excluding carboxylic acids is 1. The first-order valence-electron chi connectivity index (χ1n) is 13.0. The molecule has 0 spiro atoms. The molecule has 4 heterocycles. The molecular formula is C27H38N8O. The second-order valence-electron chi connectivity index (χ2n) is 11.2. The fraction of sp³-hybridized carbons (Fsp3) is 0.556. The number of pyridine rings is 1. The van der Waals surface area contributed by atoms with Crippen LogP contribution in [0.15, 0.2) is 30.6 Å². The number of anilines is 3. The first kappa shape index (κ1) is 24.5. The number of nitrogens with one attached hydrogen (secondary N) is 1. The molecule has 3 aromatic rings. The van der Waals surface area contributed by atoms with Crippen LogP contribution in [0.25, 0.3) is 11.0 Å². The van der Waals surface area contributed by atoms with Gasteiger partial charge in [-0.05, 0) is 51.8 Å². The normalized spacial score (nSPS) is 17.6. The van der Waals surface area contributed by atoms with Gasteiger partial charge in [0.25, 0.3) is 5.91 Å². The van der Waals surface area contributed by atoms with Gasteiger partial charge in [-0.1, -0.05) is 12.8 Å². The standard InChI is InChI=1S/C27H38N8O/c1-27(2,3)34-14-12-33(13-15-34)21-10-11-23(28-18-21)30-26-29-17-19-16-22(25(36)32(4)5)35(24(19)31-26)20-8-6-7-9-20/h10-11,16-18,20H,6-9,12-15H2,1-5H3,(H,28,29,30,31). The predicted octanol–water partition coefficient (Wildman–Crippen LogP) is 4.31. The summed E-state index contributed by atoms with van der Waals surface area (Å²) in [6.45, 7) is 10.9. The van der Waals surface area contributed by atoms with E-state index in [2.05, 4.69) is 56.5 Å². The van der Waals surface area contributed by atoms with Crippen LogP contribution in [0.4, 0.5) is 17.5 Å². The fourth-order valence-electron chi connectivity index (χ4n) is 5.39. The molecule has 3 aromatic heterocycles. The van der Waals surface area contributed by atoms with Gasteiger partial charge in [-0.3, -0.25) is 9.69 Å². The van der Waals surface area contributed by atoms with E-state index < -0.39 is 0 Å². The van der Waals surface area contributed by atoms with Gasteiger partial charge in [0.05, 0.1) is 11.9 Å². The second kappa shape index (κ2) is 9.69. The number of rotatable bonds is 5. The molecular weight excluding hydrogens is 452 g/mol. The van der Waals surface area contributed by atoms with E-state index in [0.717, 1.165) is 55.7 Å². The number of hydrogen-bond acceptors (Lipinski definition) is 7. The van der Waals surface area contributed by atoms with Gasteiger partial charge in [-0.25, -0.2) is 9.97 Å². The molecule has 192 valence electrons. The van der Waals surface area contributed by atoms with Gasteiger partial charge in [0.1, 0.15) is 17.2 Å². The number of amides is 1. The maximum Gasteiger partial charge on any atom is 0.270 e. The molecule has 2 fully saturated rings. The van der Waals surface area contributed by atoms with E-state index in [1.165, 1.54) is 12.8 Å². The Bertz CT molecular complexity index is 1210. The van der Waals surface area contributed by atoms with Gasteiger partial charge in [0.15, 0.2) is 0 Å². The summed E-state index contributed by atoms with van der Waals surface area (Å²) < 4.78 is 2.13. The van der Waals surface area contributed by atoms with Crippen LogP contribution in [0.5, 0.6) is 0 Å². The summed E-state index contributed by atoms with van der Waals surface area (Å²) in [7, 11) is 3.58. The maximum atomic E-state index is 12.9. The SMILES string of the molecule is CN(C)C(=O)c1cc2cnc(Nc3ccc(N4CCN(C(C)(C)C)CC4)cn3)nc2n1C1CCCC1. The lowest BCUT2D eigenvalue weighted by molar-refractivity contribution is 0.0815. The van der Waals surface area contributed by atoms with Crippen molar-refractivity contribution in [2.24, 2.45) is 0 Å². The molecule has 0 radical (unpaired) electrons. The molecule has 9 nitrogen and oxygen atoms in total. The van der Waals surface area contributed by atoms with Crippen molar-refractivity contribution in [3.63, 3.8) is 0 Å². The highest BCUT2D eigenvalue weighted by molar-refractivity contribution is 5.97. The van der Waals surface area contributed by atoms with E-state index in [1.807, 2.05) is 18.3 Å². The van der Waals surface area contributed by atoms with Gasteiger partial charge < -0.3 is 19.7 Å². The number of fused-ring (bicyclic) bond motifs is 1. The average molecular weight is 491 g/mol. The third kappa shape index (κ3) is 4.89. The second-order valence-corrected chi connectivity index (χ2v) is 11.2. The van der Waals surface area contributed by atoms with E-state index >= 15 is 0 Å². The Morgan fingerprint density at radius 1 is 1.03 bits per heavy atom. The Balaban J connectivity index is 1.34. The number of carbonyl (C=O) groups is 1. The predicted molar refractivity (Wildman–Crippen MR) is 144 cm³/mol.